The number of benzene rings is 1. The van der Waals surface area contributed by atoms with Crippen LogP contribution in [0.1, 0.15) is 28.0 Å². The molecule has 1 amide bonds. The third-order valence-electron chi connectivity index (χ3n) is 4.61. The van der Waals surface area contributed by atoms with Crippen LogP contribution in [0.2, 0.25) is 0 Å². The van der Waals surface area contributed by atoms with Crippen LogP contribution in [0.3, 0.4) is 0 Å². The van der Waals surface area contributed by atoms with E-state index in [1.165, 1.54) is 0 Å². The van der Waals surface area contributed by atoms with E-state index in [0.29, 0.717) is 12.1 Å². The molecule has 1 aromatic heterocycles. The Balaban J connectivity index is 1.68. The molecule has 132 valence electrons. The van der Waals surface area contributed by atoms with Gasteiger partial charge in [0.1, 0.15) is 5.75 Å². The summed E-state index contributed by atoms with van der Waals surface area (Å²) in [5, 5.41) is 0. The lowest BCUT2D eigenvalue weighted by atomic mass is 10.2. The Kier molecular flexibility index (Phi) is 5.16. The first kappa shape index (κ1) is 17.2. The third kappa shape index (κ3) is 3.90. The van der Waals surface area contributed by atoms with Crippen LogP contribution < -0.4 is 9.64 Å². The molecule has 0 bridgehead atoms. The Morgan fingerprint density at radius 1 is 1.08 bits per heavy atom. The van der Waals surface area contributed by atoms with Crippen LogP contribution in [-0.4, -0.2) is 54.1 Å². The van der Waals surface area contributed by atoms with E-state index >= 15 is 0 Å². The summed E-state index contributed by atoms with van der Waals surface area (Å²) in [6, 6.07) is 7.27. The molecule has 1 aliphatic rings. The van der Waals surface area contributed by atoms with Gasteiger partial charge < -0.3 is 14.5 Å². The zero-order valence-corrected chi connectivity index (χ0v) is 15.0. The topological polar surface area (TPSA) is 58.6 Å². The molecule has 6 nitrogen and oxygen atoms in total. The van der Waals surface area contributed by atoms with E-state index in [2.05, 4.69) is 14.9 Å². The fourth-order valence-corrected chi connectivity index (χ4v) is 2.90. The molecular weight excluding hydrogens is 316 g/mol. The number of hydrogen-bond donors (Lipinski definition) is 0. The lowest BCUT2D eigenvalue weighted by Gasteiger charge is -2.22. The molecule has 2 aromatic rings. The maximum atomic E-state index is 12.7. The minimum atomic E-state index is 0.0607. The zero-order chi connectivity index (χ0) is 17.8. The van der Waals surface area contributed by atoms with Crippen molar-refractivity contribution in [1.82, 2.24) is 14.9 Å². The maximum Gasteiger partial charge on any atom is 0.253 e. The van der Waals surface area contributed by atoms with Crippen LogP contribution in [-0.2, 0) is 0 Å². The van der Waals surface area contributed by atoms with Crippen molar-refractivity contribution in [2.75, 3.05) is 38.2 Å². The normalized spacial score (nSPS) is 15.0. The number of hydrogen-bond acceptors (Lipinski definition) is 5. The molecular formula is C19H24N4O2. The third-order valence-corrected chi connectivity index (χ3v) is 4.61. The standard InChI is InChI=1S/C19H24N4O2/c1-14-13-20-19(21-15(14)2)23-10-4-9-22(11-12-23)18(24)16-5-7-17(25-3)8-6-16/h5-8,13H,4,9-12H2,1-3H3. The maximum absolute atomic E-state index is 12.7. The van der Waals surface area contributed by atoms with Gasteiger partial charge in [-0.1, -0.05) is 0 Å². The van der Waals surface area contributed by atoms with Crippen LogP contribution in [0.4, 0.5) is 5.95 Å². The summed E-state index contributed by atoms with van der Waals surface area (Å²) >= 11 is 0. The zero-order valence-electron chi connectivity index (χ0n) is 15.0. The number of methoxy groups -OCH3 is 1. The Bertz CT molecular complexity index is 746. The van der Waals surface area contributed by atoms with Gasteiger partial charge in [0.2, 0.25) is 5.95 Å². The van der Waals surface area contributed by atoms with Crippen LogP contribution in [0.5, 0.6) is 5.75 Å². The molecule has 0 saturated carbocycles. The van der Waals surface area contributed by atoms with E-state index in [1.54, 1.807) is 7.11 Å². The quantitative estimate of drug-likeness (QED) is 0.859. The molecule has 0 atom stereocenters. The van der Waals surface area contributed by atoms with Crippen molar-refractivity contribution in [1.29, 1.82) is 0 Å². The molecule has 25 heavy (non-hydrogen) atoms. The Labute approximate surface area is 148 Å². The monoisotopic (exact) mass is 340 g/mol. The molecule has 1 saturated heterocycles. The van der Waals surface area contributed by atoms with Gasteiger partial charge in [0.15, 0.2) is 0 Å². The molecule has 0 spiro atoms. The van der Waals surface area contributed by atoms with Crippen molar-refractivity contribution in [3.63, 3.8) is 0 Å². The lowest BCUT2D eigenvalue weighted by molar-refractivity contribution is 0.0767. The van der Waals surface area contributed by atoms with Crippen molar-refractivity contribution in [2.24, 2.45) is 0 Å². The average molecular weight is 340 g/mol. The summed E-state index contributed by atoms with van der Waals surface area (Å²) in [6.07, 6.45) is 2.76. The SMILES string of the molecule is COc1ccc(C(=O)N2CCCN(c3ncc(C)c(C)n3)CC2)cc1. The minimum Gasteiger partial charge on any atom is -0.497 e. The van der Waals surface area contributed by atoms with E-state index in [1.807, 2.05) is 49.2 Å². The first-order chi connectivity index (χ1) is 12.1. The van der Waals surface area contributed by atoms with Gasteiger partial charge in [0.25, 0.3) is 5.91 Å². The van der Waals surface area contributed by atoms with Crippen molar-refractivity contribution in [3.05, 3.63) is 47.3 Å². The highest BCUT2D eigenvalue weighted by molar-refractivity contribution is 5.94. The van der Waals surface area contributed by atoms with E-state index in [0.717, 1.165) is 49.0 Å². The number of aromatic nitrogens is 2. The van der Waals surface area contributed by atoms with Crippen molar-refractivity contribution >= 4 is 11.9 Å². The van der Waals surface area contributed by atoms with Crippen molar-refractivity contribution < 1.29 is 9.53 Å². The lowest BCUT2D eigenvalue weighted by Crippen LogP contribution is -2.35. The predicted molar refractivity (Wildman–Crippen MR) is 97.2 cm³/mol. The fourth-order valence-electron chi connectivity index (χ4n) is 2.90. The van der Waals surface area contributed by atoms with Crippen molar-refractivity contribution in [3.8, 4) is 5.75 Å². The fraction of sp³-hybridized carbons (Fsp3) is 0.421. The van der Waals surface area contributed by atoms with E-state index in [4.69, 9.17) is 4.74 Å². The predicted octanol–water partition coefficient (Wildman–Crippen LogP) is 2.45. The van der Waals surface area contributed by atoms with Gasteiger partial charge in [0.05, 0.1) is 7.11 Å². The highest BCUT2D eigenvalue weighted by atomic mass is 16.5. The largest absolute Gasteiger partial charge is 0.497 e. The summed E-state index contributed by atoms with van der Waals surface area (Å²) in [5.74, 6) is 1.57. The number of carbonyl (C=O) groups excluding carboxylic acids is 1. The van der Waals surface area contributed by atoms with Gasteiger partial charge in [-0.2, -0.15) is 0 Å². The molecule has 0 N–H and O–H groups in total. The number of amides is 1. The number of rotatable bonds is 3. The van der Waals surface area contributed by atoms with Gasteiger partial charge >= 0.3 is 0 Å². The number of carbonyl (C=O) groups is 1. The smallest absolute Gasteiger partial charge is 0.253 e. The summed E-state index contributed by atoms with van der Waals surface area (Å²) in [6.45, 7) is 7.02. The number of aryl methyl sites for hydroxylation is 2. The van der Waals surface area contributed by atoms with Crippen LogP contribution >= 0.6 is 0 Å². The highest BCUT2D eigenvalue weighted by Crippen LogP contribution is 2.16. The Morgan fingerprint density at radius 3 is 2.52 bits per heavy atom. The molecule has 6 heteroatoms. The molecule has 1 fully saturated rings. The van der Waals surface area contributed by atoms with Gasteiger partial charge in [-0.25, -0.2) is 9.97 Å². The van der Waals surface area contributed by atoms with Crippen LogP contribution in [0.25, 0.3) is 0 Å². The average Bonchev–Trinajstić information content (AvgIpc) is 2.90. The summed E-state index contributed by atoms with van der Waals surface area (Å²) in [4.78, 5) is 25.8. The van der Waals surface area contributed by atoms with Gasteiger partial charge in [-0.05, 0) is 50.1 Å². The van der Waals surface area contributed by atoms with E-state index < -0.39 is 0 Å². The molecule has 1 aliphatic heterocycles. The first-order valence-electron chi connectivity index (χ1n) is 8.57. The molecule has 0 radical (unpaired) electrons. The van der Waals surface area contributed by atoms with Crippen LogP contribution in [0, 0.1) is 13.8 Å². The second kappa shape index (κ2) is 7.51. The molecule has 1 aromatic carbocycles. The molecule has 2 heterocycles. The number of ether oxygens (including phenoxy) is 1. The molecule has 3 rings (SSSR count). The summed E-state index contributed by atoms with van der Waals surface area (Å²) in [5.41, 5.74) is 2.78. The van der Waals surface area contributed by atoms with Crippen molar-refractivity contribution in [2.45, 2.75) is 20.3 Å². The van der Waals surface area contributed by atoms with E-state index in [9.17, 15) is 4.79 Å². The van der Waals surface area contributed by atoms with E-state index in [-0.39, 0.29) is 5.91 Å². The second-order valence-electron chi connectivity index (χ2n) is 6.30. The number of anilines is 1. The summed E-state index contributed by atoms with van der Waals surface area (Å²) < 4.78 is 5.15. The van der Waals surface area contributed by atoms with Gasteiger partial charge in [-0.15, -0.1) is 0 Å². The van der Waals surface area contributed by atoms with Crippen LogP contribution in [0.15, 0.2) is 30.5 Å². The van der Waals surface area contributed by atoms with Gasteiger partial charge in [-0.3, -0.25) is 4.79 Å². The summed E-state index contributed by atoms with van der Waals surface area (Å²) in [7, 11) is 1.62. The first-order valence-corrected chi connectivity index (χ1v) is 8.57. The Hall–Kier alpha value is -2.63. The molecule has 0 unspecified atom stereocenters. The van der Waals surface area contributed by atoms with Gasteiger partial charge in [0, 0.05) is 43.6 Å². The second-order valence-corrected chi connectivity index (χ2v) is 6.30. The minimum absolute atomic E-state index is 0.0607. The number of nitrogens with zero attached hydrogens (tertiary/aromatic N) is 4. The molecule has 0 aliphatic carbocycles. The highest BCUT2D eigenvalue weighted by Gasteiger charge is 2.21. The Morgan fingerprint density at radius 2 is 1.84 bits per heavy atom.